The van der Waals surface area contributed by atoms with Crippen molar-refractivity contribution in [2.24, 2.45) is 0 Å². The smallest absolute Gasteiger partial charge is 0.109 e. The number of nitrogens with zero attached hydrogens (tertiary/aromatic N) is 1. The predicted molar refractivity (Wildman–Crippen MR) is 77.9 cm³/mol. The molecule has 0 saturated carbocycles. The van der Waals surface area contributed by atoms with Crippen LogP contribution < -0.4 is 5.32 Å². The molecule has 1 N–H and O–H groups in total. The lowest BCUT2D eigenvalue weighted by atomic mass is 10.0. The second kappa shape index (κ2) is 6.12. The fourth-order valence-electron chi connectivity index (χ4n) is 1.83. The number of thiazole rings is 1. The molecule has 1 aromatic heterocycles. The van der Waals surface area contributed by atoms with Crippen LogP contribution in [0.5, 0.6) is 0 Å². The van der Waals surface area contributed by atoms with E-state index in [0.29, 0.717) is 12.0 Å². The Labute approximate surface area is 113 Å². The normalized spacial score (nSPS) is 12.9. The molecule has 3 heteroatoms. The zero-order valence-electron chi connectivity index (χ0n) is 11.2. The summed E-state index contributed by atoms with van der Waals surface area (Å²) in [5.74, 6) is 0.598. The van der Waals surface area contributed by atoms with Crippen LogP contribution in [0.1, 0.15) is 48.9 Å². The van der Waals surface area contributed by atoms with Gasteiger partial charge < -0.3 is 5.32 Å². The van der Waals surface area contributed by atoms with Gasteiger partial charge in [0.15, 0.2) is 0 Å². The van der Waals surface area contributed by atoms with Gasteiger partial charge in [0.2, 0.25) is 0 Å². The number of nitrogens with one attached hydrogen (secondary N) is 1. The highest BCUT2D eigenvalue weighted by Crippen LogP contribution is 2.17. The summed E-state index contributed by atoms with van der Waals surface area (Å²) in [5.41, 5.74) is 2.72. The van der Waals surface area contributed by atoms with Gasteiger partial charge in [-0.2, -0.15) is 0 Å². The second-order valence-electron chi connectivity index (χ2n) is 4.87. The molecule has 1 aromatic carbocycles. The zero-order valence-corrected chi connectivity index (χ0v) is 12.0. The van der Waals surface area contributed by atoms with Crippen LogP contribution in [0.15, 0.2) is 35.8 Å². The summed E-state index contributed by atoms with van der Waals surface area (Å²) in [4.78, 5) is 4.32. The summed E-state index contributed by atoms with van der Waals surface area (Å²) in [6, 6.07) is 9.16. The fourth-order valence-corrected chi connectivity index (χ4v) is 2.50. The Bertz CT molecular complexity index is 460. The molecular formula is C15H20N2S. The first-order valence-electron chi connectivity index (χ1n) is 6.38. The molecule has 0 spiro atoms. The average Bonchev–Trinajstić information content (AvgIpc) is 2.90. The van der Waals surface area contributed by atoms with Crippen molar-refractivity contribution in [3.05, 3.63) is 52.0 Å². The van der Waals surface area contributed by atoms with Crippen molar-refractivity contribution < 1.29 is 0 Å². The quantitative estimate of drug-likeness (QED) is 0.875. The van der Waals surface area contributed by atoms with Gasteiger partial charge in [0.25, 0.3) is 0 Å². The summed E-state index contributed by atoms with van der Waals surface area (Å²) in [6.45, 7) is 7.48. The molecule has 0 aliphatic carbocycles. The largest absolute Gasteiger partial charge is 0.304 e. The van der Waals surface area contributed by atoms with Gasteiger partial charge in [0, 0.05) is 18.1 Å². The molecule has 96 valence electrons. The lowest BCUT2D eigenvalue weighted by Crippen LogP contribution is -2.17. The Balaban J connectivity index is 1.90. The molecule has 2 rings (SSSR count). The third-order valence-electron chi connectivity index (χ3n) is 3.08. The van der Waals surface area contributed by atoms with Gasteiger partial charge in [-0.1, -0.05) is 38.1 Å². The van der Waals surface area contributed by atoms with E-state index in [1.165, 1.54) is 11.1 Å². The highest BCUT2D eigenvalue weighted by atomic mass is 32.1. The molecule has 0 fully saturated rings. The first-order valence-corrected chi connectivity index (χ1v) is 7.26. The first kappa shape index (κ1) is 13.2. The maximum Gasteiger partial charge on any atom is 0.109 e. The molecule has 0 saturated heterocycles. The van der Waals surface area contributed by atoms with Gasteiger partial charge in [-0.25, -0.2) is 4.98 Å². The van der Waals surface area contributed by atoms with Gasteiger partial charge in [-0.05, 0) is 24.0 Å². The lowest BCUT2D eigenvalue weighted by Gasteiger charge is -2.12. The monoisotopic (exact) mass is 260 g/mol. The standard InChI is InChI=1S/C15H20N2S/c1-11(2)14-6-4-13(5-7-14)10-17-12(3)15-16-8-9-18-15/h4-9,11-12,17H,10H2,1-3H3. The number of aromatic nitrogens is 1. The lowest BCUT2D eigenvalue weighted by molar-refractivity contribution is 0.571. The number of rotatable bonds is 5. The fraction of sp³-hybridized carbons (Fsp3) is 0.400. The molecule has 0 bridgehead atoms. The Morgan fingerprint density at radius 1 is 1.17 bits per heavy atom. The van der Waals surface area contributed by atoms with Crippen molar-refractivity contribution >= 4 is 11.3 Å². The molecular weight excluding hydrogens is 240 g/mol. The van der Waals surface area contributed by atoms with Crippen molar-refractivity contribution in [3.8, 4) is 0 Å². The molecule has 2 aromatic rings. The van der Waals surface area contributed by atoms with E-state index in [2.05, 4.69) is 55.3 Å². The van der Waals surface area contributed by atoms with Crippen molar-refractivity contribution in [1.82, 2.24) is 10.3 Å². The summed E-state index contributed by atoms with van der Waals surface area (Å²) >= 11 is 1.70. The van der Waals surface area contributed by atoms with E-state index < -0.39 is 0 Å². The number of hydrogen-bond acceptors (Lipinski definition) is 3. The molecule has 1 heterocycles. The zero-order chi connectivity index (χ0) is 13.0. The molecule has 18 heavy (non-hydrogen) atoms. The molecule has 2 nitrogen and oxygen atoms in total. The Kier molecular flexibility index (Phi) is 4.50. The summed E-state index contributed by atoms with van der Waals surface area (Å²) in [5, 5.41) is 6.66. The molecule has 0 aliphatic rings. The first-order chi connectivity index (χ1) is 8.66. The summed E-state index contributed by atoms with van der Waals surface area (Å²) < 4.78 is 0. The van der Waals surface area contributed by atoms with Crippen LogP contribution in [0, 0.1) is 0 Å². The van der Waals surface area contributed by atoms with E-state index in [1.807, 2.05) is 11.6 Å². The molecule has 0 radical (unpaired) electrons. The summed E-state index contributed by atoms with van der Waals surface area (Å²) in [6.07, 6.45) is 1.86. The Hall–Kier alpha value is -1.19. The van der Waals surface area contributed by atoms with Crippen molar-refractivity contribution in [2.75, 3.05) is 0 Å². The van der Waals surface area contributed by atoms with Crippen LogP contribution in [0.2, 0.25) is 0 Å². The van der Waals surface area contributed by atoms with Crippen molar-refractivity contribution in [2.45, 2.75) is 39.3 Å². The number of hydrogen-bond donors (Lipinski definition) is 1. The second-order valence-corrected chi connectivity index (χ2v) is 5.80. The van der Waals surface area contributed by atoms with Crippen LogP contribution in [-0.4, -0.2) is 4.98 Å². The van der Waals surface area contributed by atoms with E-state index in [9.17, 15) is 0 Å². The minimum atomic E-state index is 0.315. The molecule has 1 unspecified atom stereocenters. The topological polar surface area (TPSA) is 24.9 Å². The van der Waals surface area contributed by atoms with Crippen LogP contribution in [0.3, 0.4) is 0 Å². The van der Waals surface area contributed by atoms with Crippen molar-refractivity contribution in [1.29, 1.82) is 0 Å². The molecule has 0 aliphatic heterocycles. The molecule has 0 amide bonds. The highest BCUT2D eigenvalue weighted by molar-refractivity contribution is 7.09. The van der Waals surface area contributed by atoms with Crippen LogP contribution >= 0.6 is 11.3 Å². The number of benzene rings is 1. The Morgan fingerprint density at radius 3 is 2.44 bits per heavy atom. The minimum Gasteiger partial charge on any atom is -0.304 e. The van der Waals surface area contributed by atoms with E-state index in [4.69, 9.17) is 0 Å². The van der Waals surface area contributed by atoms with E-state index in [-0.39, 0.29) is 0 Å². The molecule has 1 atom stereocenters. The van der Waals surface area contributed by atoms with Gasteiger partial charge in [0.05, 0.1) is 6.04 Å². The van der Waals surface area contributed by atoms with Gasteiger partial charge >= 0.3 is 0 Å². The van der Waals surface area contributed by atoms with Crippen molar-refractivity contribution in [3.63, 3.8) is 0 Å². The third kappa shape index (κ3) is 3.40. The van der Waals surface area contributed by atoms with E-state index >= 15 is 0 Å². The third-order valence-corrected chi connectivity index (χ3v) is 4.04. The van der Waals surface area contributed by atoms with E-state index in [0.717, 1.165) is 11.6 Å². The van der Waals surface area contributed by atoms with Crippen LogP contribution in [-0.2, 0) is 6.54 Å². The SMILES string of the molecule is CC(C)c1ccc(CNC(C)c2nccs2)cc1. The Morgan fingerprint density at radius 2 is 1.89 bits per heavy atom. The van der Waals surface area contributed by atoms with Gasteiger partial charge in [-0.15, -0.1) is 11.3 Å². The maximum atomic E-state index is 4.32. The predicted octanol–water partition coefficient (Wildman–Crippen LogP) is 4.12. The average molecular weight is 260 g/mol. The maximum absolute atomic E-state index is 4.32. The summed E-state index contributed by atoms with van der Waals surface area (Å²) in [7, 11) is 0. The van der Waals surface area contributed by atoms with Gasteiger partial charge in [0.1, 0.15) is 5.01 Å². The van der Waals surface area contributed by atoms with Crippen LogP contribution in [0.25, 0.3) is 0 Å². The van der Waals surface area contributed by atoms with Crippen LogP contribution in [0.4, 0.5) is 0 Å². The highest BCUT2D eigenvalue weighted by Gasteiger charge is 2.07. The van der Waals surface area contributed by atoms with E-state index in [1.54, 1.807) is 11.3 Å². The van der Waals surface area contributed by atoms with Gasteiger partial charge in [-0.3, -0.25) is 0 Å². The minimum absolute atomic E-state index is 0.315.